The monoisotopic (exact) mass is 196 g/mol. The molecule has 1 rings (SSSR count). The third-order valence-corrected chi connectivity index (χ3v) is 2.76. The van der Waals surface area contributed by atoms with Crippen molar-refractivity contribution in [1.82, 2.24) is 4.90 Å². The lowest BCUT2D eigenvalue weighted by atomic mass is 10.1. The van der Waals surface area contributed by atoms with Crippen LogP contribution in [0.15, 0.2) is 0 Å². The first kappa shape index (κ1) is 11.0. The molecule has 0 aromatic heterocycles. The van der Waals surface area contributed by atoms with Crippen molar-refractivity contribution >= 4 is 5.91 Å². The maximum atomic E-state index is 11.8. The lowest BCUT2D eigenvalue weighted by Crippen LogP contribution is -2.41. The van der Waals surface area contributed by atoms with Gasteiger partial charge in [-0.2, -0.15) is 5.26 Å². The molecule has 0 aromatic carbocycles. The van der Waals surface area contributed by atoms with Gasteiger partial charge in [0.1, 0.15) is 5.41 Å². The Morgan fingerprint density at radius 3 is 2.64 bits per heavy atom. The molecule has 4 heteroatoms. The number of carbonyl (C=O) groups excluding carboxylic acids is 1. The minimum absolute atomic E-state index is 0.0262. The van der Waals surface area contributed by atoms with E-state index in [4.69, 9.17) is 10.00 Å². The number of likely N-dealkylation sites (N-methyl/N-ethyl adjacent to an activating group) is 1. The standard InChI is InChI=1S/C10H16N2O2/c1-8(6-14-3)12(2)9(13)10(7-11)4-5-10/h8H,4-6H2,1-3H3. The molecule has 1 aliphatic carbocycles. The van der Waals surface area contributed by atoms with E-state index >= 15 is 0 Å². The van der Waals surface area contributed by atoms with Crippen LogP contribution in [0.3, 0.4) is 0 Å². The second-order valence-corrected chi connectivity index (χ2v) is 3.91. The van der Waals surface area contributed by atoms with Crippen molar-refractivity contribution in [1.29, 1.82) is 5.26 Å². The Morgan fingerprint density at radius 2 is 2.29 bits per heavy atom. The molecule has 0 spiro atoms. The van der Waals surface area contributed by atoms with Crippen molar-refractivity contribution in [3.63, 3.8) is 0 Å². The fraction of sp³-hybridized carbons (Fsp3) is 0.800. The molecule has 0 N–H and O–H groups in total. The van der Waals surface area contributed by atoms with Crippen molar-refractivity contribution < 1.29 is 9.53 Å². The molecule has 78 valence electrons. The zero-order valence-corrected chi connectivity index (χ0v) is 8.91. The summed E-state index contributed by atoms with van der Waals surface area (Å²) in [5, 5.41) is 8.86. The van der Waals surface area contributed by atoms with Crippen LogP contribution in [0.4, 0.5) is 0 Å². The summed E-state index contributed by atoms with van der Waals surface area (Å²) < 4.78 is 4.96. The Balaban J connectivity index is 2.57. The number of hydrogen-bond donors (Lipinski definition) is 0. The molecule has 0 aliphatic heterocycles. The molecule has 1 saturated carbocycles. The summed E-state index contributed by atoms with van der Waals surface area (Å²) in [5.74, 6) is -0.0652. The zero-order chi connectivity index (χ0) is 10.8. The second kappa shape index (κ2) is 3.97. The Kier molecular flexibility index (Phi) is 3.12. The minimum atomic E-state index is -0.712. The number of carbonyl (C=O) groups is 1. The quantitative estimate of drug-likeness (QED) is 0.667. The van der Waals surface area contributed by atoms with Crippen LogP contribution in [-0.2, 0) is 9.53 Å². The molecular weight excluding hydrogens is 180 g/mol. The van der Waals surface area contributed by atoms with E-state index < -0.39 is 5.41 Å². The molecule has 1 unspecified atom stereocenters. The maximum Gasteiger partial charge on any atom is 0.243 e. The number of nitriles is 1. The highest BCUT2D eigenvalue weighted by Crippen LogP contribution is 2.46. The second-order valence-electron chi connectivity index (χ2n) is 3.91. The fourth-order valence-electron chi connectivity index (χ4n) is 1.39. The molecule has 0 bridgehead atoms. The largest absolute Gasteiger partial charge is 0.383 e. The van der Waals surface area contributed by atoms with Crippen LogP contribution in [0, 0.1) is 16.7 Å². The number of nitrogens with zero attached hydrogens (tertiary/aromatic N) is 2. The molecule has 0 heterocycles. The molecule has 1 fully saturated rings. The average molecular weight is 196 g/mol. The Bertz CT molecular complexity index is 266. The van der Waals surface area contributed by atoms with Gasteiger partial charge in [-0.15, -0.1) is 0 Å². The minimum Gasteiger partial charge on any atom is -0.383 e. The summed E-state index contributed by atoms with van der Waals surface area (Å²) in [7, 11) is 3.33. The summed E-state index contributed by atoms with van der Waals surface area (Å²) >= 11 is 0. The van der Waals surface area contributed by atoms with E-state index in [1.807, 2.05) is 6.92 Å². The van der Waals surface area contributed by atoms with Gasteiger partial charge in [-0.05, 0) is 19.8 Å². The van der Waals surface area contributed by atoms with Crippen LogP contribution in [0.2, 0.25) is 0 Å². The SMILES string of the molecule is COCC(C)N(C)C(=O)C1(C#N)CC1. The molecule has 14 heavy (non-hydrogen) atoms. The van der Waals surface area contributed by atoms with Crippen molar-refractivity contribution in [2.45, 2.75) is 25.8 Å². The Labute approximate surface area is 84.4 Å². The third-order valence-electron chi connectivity index (χ3n) is 2.76. The topological polar surface area (TPSA) is 53.3 Å². The zero-order valence-electron chi connectivity index (χ0n) is 8.91. The predicted octanol–water partition coefficient (Wildman–Crippen LogP) is 0.783. The van der Waals surface area contributed by atoms with Gasteiger partial charge in [0.2, 0.25) is 5.91 Å². The van der Waals surface area contributed by atoms with Gasteiger partial charge in [0.25, 0.3) is 0 Å². The molecule has 0 radical (unpaired) electrons. The van der Waals surface area contributed by atoms with Crippen LogP contribution in [0.25, 0.3) is 0 Å². The number of methoxy groups -OCH3 is 1. The van der Waals surface area contributed by atoms with Gasteiger partial charge < -0.3 is 9.64 Å². The lowest BCUT2D eigenvalue weighted by Gasteiger charge is -2.26. The molecule has 1 amide bonds. The lowest BCUT2D eigenvalue weighted by molar-refractivity contribution is -0.136. The Hall–Kier alpha value is -1.08. The van der Waals surface area contributed by atoms with Gasteiger partial charge in [-0.1, -0.05) is 0 Å². The van der Waals surface area contributed by atoms with Gasteiger partial charge in [-0.3, -0.25) is 4.79 Å². The first-order valence-corrected chi connectivity index (χ1v) is 4.75. The highest BCUT2D eigenvalue weighted by atomic mass is 16.5. The van der Waals surface area contributed by atoms with Crippen LogP contribution >= 0.6 is 0 Å². The smallest absolute Gasteiger partial charge is 0.243 e. The van der Waals surface area contributed by atoms with E-state index in [9.17, 15) is 4.79 Å². The normalized spacial score (nSPS) is 19.6. The van der Waals surface area contributed by atoms with Gasteiger partial charge in [0.05, 0.1) is 18.7 Å². The predicted molar refractivity (Wildman–Crippen MR) is 51.4 cm³/mol. The van der Waals surface area contributed by atoms with E-state index in [0.717, 1.165) is 0 Å². The first-order valence-electron chi connectivity index (χ1n) is 4.75. The summed E-state index contributed by atoms with van der Waals surface area (Å²) in [5.41, 5.74) is -0.712. The van der Waals surface area contributed by atoms with Crippen LogP contribution in [0.5, 0.6) is 0 Å². The summed E-state index contributed by atoms with van der Waals surface area (Å²) in [4.78, 5) is 13.4. The molecule has 0 saturated heterocycles. The third kappa shape index (κ3) is 1.88. The first-order chi connectivity index (χ1) is 6.57. The number of rotatable bonds is 4. The van der Waals surface area contributed by atoms with Crippen LogP contribution in [0.1, 0.15) is 19.8 Å². The highest BCUT2D eigenvalue weighted by Gasteiger charge is 2.52. The summed E-state index contributed by atoms with van der Waals surface area (Å²) in [6.45, 7) is 2.42. The van der Waals surface area contributed by atoms with Gasteiger partial charge in [-0.25, -0.2) is 0 Å². The summed E-state index contributed by atoms with van der Waals surface area (Å²) in [6.07, 6.45) is 1.40. The number of hydrogen-bond acceptors (Lipinski definition) is 3. The van der Waals surface area contributed by atoms with Gasteiger partial charge in [0.15, 0.2) is 0 Å². The van der Waals surface area contributed by atoms with Crippen molar-refractivity contribution in [3.8, 4) is 6.07 Å². The van der Waals surface area contributed by atoms with Crippen molar-refractivity contribution in [2.24, 2.45) is 5.41 Å². The van der Waals surface area contributed by atoms with Crippen molar-refractivity contribution in [2.75, 3.05) is 20.8 Å². The van der Waals surface area contributed by atoms with E-state index in [1.165, 1.54) is 0 Å². The summed E-state index contributed by atoms with van der Waals surface area (Å²) in [6, 6.07) is 2.12. The van der Waals surface area contributed by atoms with Gasteiger partial charge >= 0.3 is 0 Å². The number of ether oxygens (including phenoxy) is 1. The van der Waals surface area contributed by atoms with E-state index in [-0.39, 0.29) is 11.9 Å². The maximum absolute atomic E-state index is 11.8. The fourth-order valence-corrected chi connectivity index (χ4v) is 1.39. The Morgan fingerprint density at radius 1 is 1.71 bits per heavy atom. The number of amides is 1. The highest BCUT2D eigenvalue weighted by molar-refractivity contribution is 5.88. The van der Waals surface area contributed by atoms with Crippen LogP contribution in [-0.4, -0.2) is 37.6 Å². The van der Waals surface area contributed by atoms with Crippen LogP contribution < -0.4 is 0 Å². The van der Waals surface area contributed by atoms with Gasteiger partial charge in [0, 0.05) is 14.2 Å². The van der Waals surface area contributed by atoms with E-state index in [0.29, 0.717) is 19.4 Å². The molecule has 1 atom stereocenters. The van der Waals surface area contributed by atoms with Crippen molar-refractivity contribution in [3.05, 3.63) is 0 Å². The molecule has 1 aliphatic rings. The molecule has 4 nitrogen and oxygen atoms in total. The average Bonchev–Trinajstić information content (AvgIpc) is 2.96. The van der Waals surface area contributed by atoms with E-state index in [1.54, 1.807) is 19.1 Å². The van der Waals surface area contributed by atoms with E-state index in [2.05, 4.69) is 6.07 Å². The molecular formula is C10H16N2O2. The molecule has 0 aromatic rings.